The highest BCUT2D eigenvalue weighted by molar-refractivity contribution is 5.44. The van der Waals surface area contributed by atoms with Gasteiger partial charge < -0.3 is 8.94 Å². The maximum Gasteiger partial charge on any atom is 0.241 e. The van der Waals surface area contributed by atoms with Crippen LogP contribution in [-0.4, -0.2) is 21.6 Å². The van der Waals surface area contributed by atoms with E-state index in [2.05, 4.69) is 34.1 Å². The number of nitrogens with zero attached hydrogens (tertiary/aromatic N) is 3. The van der Waals surface area contributed by atoms with E-state index >= 15 is 0 Å². The topological polar surface area (TPSA) is 55.3 Å². The van der Waals surface area contributed by atoms with Crippen molar-refractivity contribution >= 4 is 0 Å². The maximum atomic E-state index is 5.30. The highest BCUT2D eigenvalue weighted by Gasteiger charge is 2.13. The number of furan rings is 1. The Morgan fingerprint density at radius 2 is 1.90 bits per heavy atom. The molecule has 0 fully saturated rings. The molecule has 0 aliphatic rings. The van der Waals surface area contributed by atoms with Crippen molar-refractivity contribution in [1.82, 2.24) is 15.0 Å². The zero-order valence-corrected chi connectivity index (χ0v) is 11.9. The molecule has 0 saturated heterocycles. The van der Waals surface area contributed by atoms with Gasteiger partial charge in [0.05, 0.1) is 12.8 Å². The molecular formula is C16H17N3O2. The van der Waals surface area contributed by atoms with Crippen molar-refractivity contribution in [3.63, 3.8) is 0 Å². The largest absolute Gasteiger partial charge is 0.461 e. The Morgan fingerprint density at radius 1 is 1.05 bits per heavy atom. The first-order valence-corrected chi connectivity index (χ1v) is 6.98. The second kappa shape index (κ2) is 6.37. The molecule has 5 nitrogen and oxygen atoms in total. The Balaban J connectivity index is 1.67. The van der Waals surface area contributed by atoms with E-state index in [0.29, 0.717) is 24.0 Å². The molecule has 0 aliphatic carbocycles. The van der Waals surface area contributed by atoms with Crippen LogP contribution in [0.5, 0.6) is 0 Å². The number of rotatable bonds is 6. The first kappa shape index (κ1) is 13.6. The third-order valence-corrected chi connectivity index (χ3v) is 3.26. The van der Waals surface area contributed by atoms with Crippen LogP contribution in [0.15, 0.2) is 57.7 Å². The Kier molecular flexibility index (Phi) is 4.12. The Hall–Kier alpha value is -2.40. The van der Waals surface area contributed by atoms with Crippen LogP contribution >= 0.6 is 0 Å². The molecule has 3 rings (SSSR count). The number of aromatic nitrogens is 2. The summed E-state index contributed by atoms with van der Waals surface area (Å²) in [7, 11) is 0. The minimum absolute atomic E-state index is 0.491. The lowest BCUT2D eigenvalue weighted by Gasteiger charge is -2.17. The predicted octanol–water partition coefficient (Wildman–Crippen LogP) is 3.35. The van der Waals surface area contributed by atoms with Crippen LogP contribution in [0.1, 0.15) is 18.4 Å². The molecule has 2 heterocycles. The van der Waals surface area contributed by atoms with E-state index in [1.807, 2.05) is 24.3 Å². The molecule has 0 radical (unpaired) electrons. The first-order valence-electron chi connectivity index (χ1n) is 6.98. The van der Waals surface area contributed by atoms with Crippen molar-refractivity contribution in [3.8, 4) is 11.6 Å². The molecule has 108 valence electrons. The highest BCUT2D eigenvalue weighted by Crippen LogP contribution is 2.17. The molecule has 0 amide bonds. The molecule has 0 unspecified atom stereocenters. The summed E-state index contributed by atoms with van der Waals surface area (Å²) in [5.41, 5.74) is 1.27. The van der Waals surface area contributed by atoms with Gasteiger partial charge in [-0.1, -0.05) is 42.4 Å². The molecule has 0 bridgehead atoms. The fraction of sp³-hybridized carbons (Fsp3) is 0.250. The molecule has 3 aromatic rings. The summed E-state index contributed by atoms with van der Waals surface area (Å²) in [4.78, 5) is 6.61. The van der Waals surface area contributed by atoms with Gasteiger partial charge in [0, 0.05) is 6.54 Å². The van der Waals surface area contributed by atoms with Gasteiger partial charge >= 0.3 is 0 Å². The number of hydrogen-bond acceptors (Lipinski definition) is 5. The van der Waals surface area contributed by atoms with Crippen molar-refractivity contribution in [2.45, 2.75) is 20.0 Å². The van der Waals surface area contributed by atoms with Crippen molar-refractivity contribution in [2.24, 2.45) is 0 Å². The van der Waals surface area contributed by atoms with Crippen LogP contribution in [0, 0.1) is 0 Å². The lowest BCUT2D eigenvalue weighted by molar-refractivity contribution is 0.229. The summed E-state index contributed by atoms with van der Waals surface area (Å²) in [6.07, 6.45) is 1.60. The predicted molar refractivity (Wildman–Crippen MR) is 78.2 cm³/mol. The lowest BCUT2D eigenvalue weighted by atomic mass is 10.2. The van der Waals surface area contributed by atoms with Gasteiger partial charge in [-0.25, -0.2) is 0 Å². The Bertz CT molecular complexity index is 662. The summed E-state index contributed by atoms with van der Waals surface area (Å²) in [5.74, 6) is 1.71. The second-order valence-corrected chi connectivity index (χ2v) is 4.78. The van der Waals surface area contributed by atoms with Crippen LogP contribution in [0.3, 0.4) is 0 Å². The van der Waals surface area contributed by atoms with Gasteiger partial charge in [-0.15, -0.1) is 0 Å². The van der Waals surface area contributed by atoms with E-state index in [4.69, 9.17) is 8.94 Å². The normalized spacial score (nSPS) is 11.1. The minimum atomic E-state index is 0.491. The van der Waals surface area contributed by atoms with Crippen LogP contribution in [0.2, 0.25) is 0 Å². The van der Waals surface area contributed by atoms with Gasteiger partial charge in [-0.05, 0) is 24.2 Å². The van der Waals surface area contributed by atoms with Crippen molar-refractivity contribution in [2.75, 3.05) is 6.54 Å². The first-order chi connectivity index (χ1) is 10.3. The van der Waals surface area contributed by atoms with Gasteiger partial charge in [0.2, 0.25) is 11.7 Å². The third kappa shape index (κ3) is 3.38. The average molecular weight is 283 g/mol. The molecular weight excluding hydrogens is 266 g/mol. The second-order valence-electron chi connectivity index (χ2n) is 4.78. The monoisotopic (exact) mass is 283 g/mol. The van der Waals surface area contributed by atoms with E-state index in [9.17, 15) is 0 Å². The van der Waals surface area contributed by atoms with Gasteiger partial charge in [-0.2, -0.15) is 4.98 Å². The molecule has 0 spiro atoms. The average Bonchev–Trinajstić information content (AvgIpc) is 3.18. The van der Waals surface area contributed by atoms with E-state index < -0.39 is 0 Å². The molecule has 21 heavy (non-hydrogen) atoms. The smallest absolute Gasteiger partial charge is 0.241 e. The van der Waals surface area contributed by atoms with E-state index in [0.717, 1.165) is 13.1 Å². The summed E-state index contributed by atoms with van der Waals surface area (Å²) < 4.78 is 10.6. The number of benzene rings is 1. The molecule has 0 saturated carbocycles. The van der Waals surface area contributed by atoms with E-state index in [1.54, 1.807) is 12.3 Å². The zero-order valence-electron chi connectivity index (χ0n) is 11.9. The molecule has 2 aromatic heterocycles. The van der Waals surface area contributed by atoms with Crippen LogP contribution in [0.4, 0.5) is 0 Å². The Morgan fingerprint density at radius 3 is 2.62 bits per heavy atom. The highest BCUT2D eigenvalue weighted by atomic mass is 16.5. The fourth-order valence-electron chi connectivity index (χ4n) is 2.14. The number of hydrogen-bond donors (Lipinski definition) is 0. The zero-order chi connectivity index (χ0) is 14.5. The van der Waals surface area contributed by atoms with Gasteiger partial charge in [0.1, 0.15) is 0 Å². The summed E-state index contributed by atoms with van der Waals surface area (Å²) in [5, 5.41) is 3.95. The van der Waals surface area contributed by atoms with Crippen LogP contribution in [-0.2, 0) is 13.1 Å². The SMILES string of the molecule is CCN(Cc1ccccc1)Cc1nc(-c2ccco2)no1. The molecule has 0 aliphatic heterocycles. The van der Waals surface area contributed by atoms with E-state index in [-0.39, 0.29) is 0 Å². The Labute approximate surface area is 123 Å². The summed E-state index contributed by atoms with van der Waals surface area (Å²) in [6.45, 7) is 4.51. The van der Waals surface area contributed by atoms with E-state index in [1.165, 1.54) is 5.56 Å². The van der Waals surface area contributed by atoms with Crippen LogP contribution < -0.4 is 0 Å². The summed E-state index contributed by atoms with van der Waals surface area (Å²) >= 11 is 0. The standard InChI is InChI=1S/C16H17N3O2/c1-2-19(11-13-7-4-3-5-8-13)12-15-17-16(18-21-15)14-9-6-10-20-14/h3-10H,2,11-12H2,1H3. The quantitative estimate of drug-likeness (QED) is 0.694. The van der Waals surface area contributed by atoms with Gasteiger partial charge in [0.15, 0.2) is 5.76 Å². The van der Waals surface area contributed by atoms with Crippen molar-refractivity contribution in [3.05, 3.63) is 60.2 Å². The lowest BCUT2D eigenvalue weighted by Crippen LogP contribution is -2.22. The fourth-order valence-corrected chi connectivity index (χ4v) is 2.14. The van der Waals surface area contributed by atoms with Crippen molar-refractivity contribution in [1.29, 1.82) is 0 Å². The van der Waals surface area contributed by atoms with Gasteiger partial charge in [-0.3, -0.25) is 4.90 Å². The molecule has 0 N–H and O–H groups in total. The summed E-state index contributed by atoms with van der Waals surface area (Å²) in [6, 6.07) is 14.0. The van der Waals surface area contributed by atoms with Crippen molar-refractivity contribution < 1.29 is 8.94 Å². The van der Waals surface area contributed by atoms with Crippen LogP contribution in [0.25, 0.3) is 11.6 Å². The minimum Gasteiger partial charge on any atom is -0.461 e. The molecule has 5 heteroatoms. The molecule has 1 aromatic carbocycles. The van der Waals surface area contributed by atoms with Gasteiger partial charge in [0.25, 0.3) is 0 Å². The maximum absolute atomic E-state index is 5.30. The molecule has 0 atom stereocenters. The third-order valence-electron chi connectivity index (χ3n) is 3.26.